The van der Waals surface area contributed by atoms with E-state index < -0.39 is 0 Å². The molecular formula is C14H11BrN4. The number of para-hydroxylation sites is 1. The maximum absolute atomic E-state index is 4.44. The molecular weight excluding hydrogens is 304 g/mol. The van der Waals surface area contributed by atoms with Gasteiger partial charge in [-0.15, -0.1) is 0 Å². The Bertz CT molecular complexity index is 700. The van der Waals surface area contributed by atoms with E-state index in [1.165, 1.54) is 0 Å². The quantitative estimate of drug-likeness (QED) is 0.805. The maximum Gasteiger partial charge on any atom is 0.147 e. The van der Waals surface area contributed by atoms with Crippen LogP contribution in [0.3, 0.4) is 0 Å². The van der Waals surface area contributed by atoms with E-state index in [2.05, 4.69) is 36.2 Å². The number of nitrogens with zero attached hydrogens (tertiary/aromatic N) is 3. The molecule has 0 saturated carbocycles. The molecule has 2 aromatic heterocycles. The summed E-state index contributed by atoms with van der Waals surface area (Å²) < 4.78 is 0.976. The summed E-state index contributed by atoms with van der Waals surface area (Å²) in [5, 5.41) is 4.41. The summed E-state index contributed by atoms with van der Waals surface area (Å²) in [5.74, 6) is 0.761. The van der Waals surface area contributed by atoms with Gasteiger partial charge in [-0.1, -0.05) is 12.1 Å². The first kappa shape index (κ1) is 12.0. The van der Waals surface area contributed by atoms with E-state index >= 15 is 0 Å². The first-order valence-corrected chi connectivity index (χ1v) is 6.66. The fraction of sp³-hybridized carbons (Fsp3) is 0.0714. The molecule has 19 heavy (non-hydrogen) atoms. The van der Waals surface area contributed by atoms with Gasteiger partial charge in [-0.3, -0.25) is 4.98 Å². The van der Waals surface area contributed by atoms with Gasteiger partial charge in [-0.2, -0.15) is 0 Å². The van der Waals surface area contributed by atoms with Gasteiger partial charge in [0.25, 0.3) is 0 Å². The van der Waals surface area contributed by atoms with Crippen molar-refractivity contribution < 1.29 is 0 Å². The van der Waals surface area contributed by atoms with Crippen molar-refractivity contribution in [2.75, 3.05) is 5.32 Å². The van der Waals surface area contributed by atoms with E-state index in [9.17, 15) is 0 Å². The minimum atomic E-state index is 0.581. The maximum atomic E-state index is 4.44. The van der Waals surface area contributed by atoms with Crippen LogP contribution in [0.15, 0.2) is 53.4 Å². The van der Waals surface area contributed by atoms with E-state index in [0.717, 1.165) is 26.9 Å². The van der Waals surface area contributed by atoms with Crippen LogP contribution in [-0.4, -0.2) is 15.0 Å². The van der Waals surface area contributed by atoms with Gasteiger partial charge in [0.15, 0.2) is 0 Å². The molecule has 0 bridgehead atoms. The molecule has 1 N–H and O–H groups in total. The third-order valence-corrected chi connectivity index (χ3v) is 3.17. The number of halogens is 1. The molecule has 3 aromatic rings. The van der Waals surface area contributed by atoms with E-state index in [-0.39, 0.29) is 0 Å². The first-order chi connectivity index (χ1) is 9.33. The zero-order chi connectivity index (χ0) is 13.1. The van der Waals surface area contributed by atoms with Crippen LogP contribution in [-0.2, 0) is 6.54 Å². The fourth-order valence-electron chi connectivity index (χ4n) is 1.87. The highest BCUT2D eigenvalue weighted by Crippen LogP contribution is 2.24. The van der Waals surface area contributed by atoms with Crippen LogP contribution in [0, 0.1) is 0 Å². The summed E-state index contributed by atoms with van der Waals surface area (Å²) in [6.07, 6.45) is 5.28. The number of hydrogen-bond donors (Lipinski definition) is 1. The van der Waals surface area contributed by atoms with Crippen LogP contribution < -0.4 is 5.32 Å². The van der Waals surface area contributed by atoms with Crippen molar-refractivity contribution in [3.63, 3.8) is 0 Å². The van der Waals surface area contributed by atoms with Gasteiger partial charge in [0.1, 0.15) is 5.82 Å². The van der Waals surface area contributed by atoms with E-state index in [1.54, 1.807) is 24.7 Å². The molecule has 1 aromatic carbocycles. The van der Waals surface area contributed by atoms with Crippen LogP contribution in [0.25, 0.3) is 10.9 Å². The molecule has 4 nitrogen and oxygen atoms in total. The second kappa shape index (κ2) is 5.32. The van der Waals surface area contributed by atoms with E-state index in [1.807, 2.05) is 24.3 Å². The number of nitrogens with one attached hydrogen (secondary N) is 1. The molecule has 0 unspecified atom stereocenters. The molecule has 0 spiro atoms. The predicted molar refractivity (Wildman–Crippen MR) is 78.8 cm³/mol. The Morgan fingerprint density at radius 3 is 2.74 bits per heavy atom. The van der Waals surface area contributed by atoms with Gasteiger partial charge in [0.05, 0.1) is 17.7 Å². The topological polar surface area (TPSA) is 50.7 Å². The van der Waals surface area contributed by atoms with Crippen LogP contribution in [0.1, 0.15) is 5.82 Å². The van der Waals surface area contributed by atoms with Crippen molar-refractivity contribution in [1.82, 2.24) is 15.0 Å². The Hall–Kier alpha value is -2.01. The van der Waals surface area contributed by atoms with Gasteiger partial charge in [0, 0.05) is 28.4 Å². The van der Waals surface area contributed by atoms with E-state index in [4.69, 9.17) is 0 Å². The summed E-state index contributed by atoms with van der Waals surface area (Å²) in [6, 6.07) is 9.90. The predicted octanol–water partition coefficient (Wildman–Crippen LogP) is 3.40. The summed E-state index contributed by atoms with van der Waals surface area (Å²) in [4.78, 5) is 12.8. The lowest BCUT2D eigenvalue weighted by Gasteiger charge is -2.08. The highest BCUT2D eigenvalue weighted by Gasteiger charge is 2.03. The van der Waals surface area contributed by atoms with Crippen LogP contribution in [0.2, 0.25) is 0 Å². The van der Waals surface area contributed by atoms with Crippen molar-refractivity contribution in [2.45, 2.75) is 6.54 Å². The number of rotatable bonds is 3. The Balaban J connectivity index is 1.89. The van der Waals surface area contributed by atoms with Crippen molar-refractivity contribution in [3.8, 4) is 0 Å². The number of hydrogen-bond acceptors (Lipinski definition) is 4. The fourth-order valence-corrected chi connectivity index (χ4v) is 2.22. The van der Waals surface area contributed by atoms with Crippen LogP contribution in [0.5, 0.6) is 0 Å². The number of fused-ring (bicyclic) bond motifs is 1. The second-order valence-electron chi connectivity index (χ2n) is 4.05. The van der Waals surface area contributed by atoms with Crippen molar-refractivity contribution in [1.29, 1.82) is 0 Å². The minimum absolute atomic E-state index is 0.581. The normalized spacial score (nSPS) is 10.6. The second-order valence-corrected chi connectivity index (χ2v) is 4.97. The lowest BCUT2D eigenvalue weighted by Crippen LogP contribution is -2.04. The Morgan fingerprint density at radius 2 is 1.89 bits per heavy atom. The Labute approximate surface area is 119 Å². The summed E-state index contributed by atoms with van der Waals surface area (Å²) in [5.41, 5.74) is 1.93. The summed E-state index contributed by atoms with van der Waals surface area (Å²) in [7, 11) is 0. The standard InChI is InChI=1S/C14H11BrN4/c15-11-7-10-3-1-4-12(14(10)19-8-11)18-9-13-16-5-2-6-17-13/h1-8,18H,9H2. The SMILES string of the molecule is Brc1cnc2c(NCc3ncccn3)cccc2c1. The summed E-state index contributed by atoms with van der Waals surface area (Å²) in [6.45, 7) is 0.581. The van der Waals surface area contributed by atoms with Crippen molar-refractivity contribution >= 4 is 32.5 Å². The lowest BCUT2D eigenvalue weighted by molar-refractivity contribution is 0.949. The van der Waals surface area contributed by atoms with Gasteiger partial charge in [-0.25, -0.2) is 9.97 Å². The Morgan fingerprint density at radius 1 is 1.05 bits per heavy atom. The molecule has 0 atom stereocenters. The molecule has 0 amide bonds. The Kier molecular flexibility index (Phi) is 3.37. The summed E-state index contributed by atoms with van der Waals surface area (Å²) >= 11 is 3.43. The third-order valence-electron chi connectivity index (χ3n) is 2.73. The third kappa shape index (κ3) is 2.71. The molecule has 0 aliphatic carbocycles. The zero-order valence-electron chi connectivity index (χ0n) is 10.0. The number of aromatic nitrogens is 3. The molecule has 94 valence electrons. The van der Waals surface area contributed by atoms with Gasteiger partial charge in [0.2, 0.25) is 0 Å². The smallest absolute Gasteiger partial charge is 0.147 e. The van der Waals surface area contributed by atoms with Crippen LogP contribution >= 0.6 is 15.9 Å². The monoisotopic (exact) mass is 314 g/mol. The minimum Gasteiger partial charge on any atom is -0.376 e. The average Bonchev–Trinajstić information content (AvgIpc) is 2.45. The molecule has 3 rings (SSSR count). The first-order valence-electron chi connectivity index (χ1n) is 5.87. The molecule has 0 radical (unpaired) electrons. The highest BCUT2D eigenvalue weighted by molar-refractivity contribution is 9.10. The number of pyridine rings is 1. The van der Waals surface area contributed by atoms with Crippen molar-refractivity contribution in [2.24, 2.45) is 0 Å². The molecule has 0 saturated heterocycles. The average molecular weight is 315 g/mol. The molecule has 0 aliphatic rings. The number of benzene rings is 1. The van der Waals surface area contributed by atoms with Gasteiger partial charge >= 0.3 is 0 Å². The highest BCUT2D eigenvalue weighted by atomic mass is 79.9. The molecule has 0 aliphatic heterocycles. The lowest BCUT2D eigenvalue weighted by atomic mass is 10.2. The van der Waals surface area contributed by atoms with E-state index in [0.29, 0.717) is 6.54 Å². The van der Waals surface area contributed by atoms with Gasteiger partial charge in [-0.05, 0) is 34.1 Å². The molecule has 0 fully saturated rings. The molecule has 5 heteroatoms. The van der Waals surface area contributed by atoms with Gasteiger partial charge < -0.3 is 5.32 Å². The zero-order valence-corrected chi connectivity index (χ0v) is 11.6. The molecule has 2 heterocycles. The van der Waals surface area contributed by atoms with Crippen LogP contribution in [0.4, 0.5) is 5.69 Å². The largest absolute Gasteiger partial charge is 0.376 e. The number of anilines is 1. The van der Waals surface area contributed by atoms with Crippen molar-refractivity contribution in [3.05, 3.63) is 59.2 Å².